The van der Waals surface area contributed by atoms with Crippen LogP contribution >= 0.6 is 0 Å². The Morgan fingerprint density at radius 1 is 1.03 bits per heavy atom. The van der Waals surface area contributed by atoms with E-state index in [1.807, 2.05) is 0 Å². The fraction of sp³-hybridized carbons (Fsp3) is 0.136. The van der Waals surface area contributed by atoms with Crippen molar-refractivity contribution in [3.63, 3.8) is 0 Å². The monoisotopic (exact) mass is 411 g/mol. The average Bonchev–Trinajstić information content (AvgIpc) is 3.04. The van der Waals surface area contributed by atoms with Crippen LogP contribution in [0.1, 0.15) is 27.2 Å². The molecule has 0 fully saturated rings. The number of carbonyl (C=O) groups is 1. The molecule has 1 N–H and O–H groups in total. The highest BCUT2D eigenvalue weighted by Crippen LogP contribution is 2.32. The van der Waals surface area contributed by atoms with Crippen LogP contribution in [0.25, 0.3) is 22.2 Å². The number of hydrogen-bond donors (Lipinski definition) is 1. The highest BCUT2D eigenvalue weighted by molar-refractivity contribution is 6.11. The summed E-state index contributed by atoms with van der Waals surface area (Å²) >= 11 is 0. The maximum Gasteiger partial charge on any atom is 0.416 e. The van der Waals surface area contributed by atoms with Crippen LogP contribution in [0.15, 0.2) is 59.1 Å². The van der Waals surface area contributed by atoms with E-state index in [0.717, 1.165) is 12.1 Å². The Bertz CT molecular complexity index is 1260. The predicted octanol–water partition coefficient (Wildman–Crippen LogP) is 5.78. The van der Waals surface area contributed by atoms with E-state index < -0.39 is 17.6 Å². The number of aromatic nitrogens is 2. The molecule has 0 aliphatic carbocycles. The first kappa shape index (κ1) is 19.6. The van der Waals surface area contributed by atoms with Crippen LogP contribution in [0.3, 0.4) is 0 Å². The minimum absolute atomic E-state index is 0.239. The molecule has 2 heterocycles. The van der Waals surface area contributed by atoms with Crippen LogP contribution < -0.4 is 5.32 Å². The van der Waals surface area contributed by atoms with E-state index >= 15 is 0 Å². The molecule has 5 nitrogen and oxygen atoms in total. The number of para-hydroxylation sites is 1. The summed E-state index contributed by atoms with van der Waals surface area (Å²) in [6.45, 7) is 3.53. The molecule has 0 bridgehead atoms. The zero-order valence-electron chi connectivity index (χ0n) is 16.0. The number of hydrogen-bond acceptors (Lipinski definition) is 4. The molecule has 4 aromatic rings. The van der Waals surface area contributed by atoms with E-state index in [0.29, 0.717) is 33.4 Å². The van der Waals surface area contributed by atoms with Crippen molar-refractivity contribution in [2.45, 2.75) is 20.0 Å². The number of fused-ring (bicyclic) bond motifs is 1. The number of alkyl halides is 3. The van der Waals surface area contributed by atoms with Crippen LogP contribution in [-0.4, -0.2) is 16.0 Å². The van der Waals surface area contributed by atoms with Gasteiger partial charge in [-0.3, -0.25) is 10.1 Å². The van der Waals surface area contributed by atoms with Gasteiger partial charge in [-0.2, -0.15) is 13.2 Å². The van der Waals surface area contributed by atoms with Gasteiger partial charge in [0.05, 0.1) is 28.0 Å². The van der Waals surface area contributed by atoms with Crippen LogP contribution in [-0.2, 0) is 6.18 Å². The predicted molar refractivity (Wildman–Crippen MR) is 106 cm³/mol. The summed E-state index contributed by atoms with van der Waals surface area (Å²) in [4.78, 5) is 17.3. The summed E-state index contributed by atoms with van der Waals surface area (Å²) in [6.07, 6.45) is -4.45. The average molecular weight is 411 g/mol. The van der Waals surface area contributed by atoms with E-state index in [2.05, 4.69) is 15.5 Å². The molecular weight excluding hydrogens is 395 g/mol. The van der Waals surface area contributed by atoms with Gasteiger partial charge in [0.25, 0.3) is 5.91 Å². The zero-order chi connectivity index (χ0) is 21.5. The molecule has 0 radical (unpaired) electrons. The number of halogens is 3. The first-order chi connectivity index (χ1) is 14.2. The molecule has 0 spiro atoms. The Kier molecular flexibility index (Phi) is 4.77. The zero-order valence-corrected chi connectivity index (χ0v) is 16.0. The van der Waals surface area contributed by atoms with Crippen molar-refractivity contribution in [1.29, 1.82) is 0 Å². The first-order valence-corrected chi connectivity index (χ1v) is 9.05. The number of anilines is 1. The van der Waals surface area contributed by atoms with E-state index in [9.17, 15) is 18.0 Å². The fourth-order valence-corrected chi connectivity index (χ4v) is 3.05. The van der Waals surface area contributed by atoms with Crippen molar-refractivity contribution in [3.8, 4) is 11.3 Å². The van der Waals surface area contributed by atoms with Crippen LogP contribution in [0.4, 0.5) is 19.1 Å². The molecule has 4 rings (SSSR count). The van der Waals surface area contributed by atoms with Crippen molar-refractivity contribution in [2.75, 3.05) is 5.32 Å². The number of nitrogens with one attached hydrogen (secondary N) is 1. The molecule has 0 atom stereocenters. The molecule has 0 unspecified atom stereocenters. The summed E-state index contributed by atoms with van der Waals surface area (Å²) in [5.74, 6) is -0.211. The highest BCUT2D eigenvalue weighted by atomic mass is 19.4. The van der Waals surface area contributed by atoms with Crippen LogP contribution in [0.5, 0.6) is 0 Å². The molecule has 0 saturated heterocycles. The second-order valence-corrected chi connectivity index (χ2v) is 6.83. The van der Waals surface area contributed by atoms with Crippen LogP contribution in [0, 0.1) is 13.8 Å². The third-order valence-corrected chi connectivity index (χ3v) is 4.83. The van der Waals surface area contributed by atoms with Crippen molar-refractivity contribution < 1.29 is 22.5 Å². The molecule has 152 valence electrons. The van der Waals surface area contributed by atoms with Gasteiger partial charge >= 0.3 is 6.18 Å². The third-order valence-electron chi connectivity index (χ3n) is 4.83. The lowest BCUT2D eigenvalue weighted by Gasteiger charge is -2.10. The number of rotatable bonds is 3. The lowest BCUT2D eigenvalue weighted by Crippen LogP contribution is -2.13. The largest absolute Gasteiger partial charge is 0.416 e. The summed E-state index contributed by atoms with van der Waals surface area (Å²) in [7, 11) is 0. The second-order valence-electron chi connectivity index (χ2n) is 6.83. The summed E-state index contributed by atoms with van der Waals surface area (Å²) in [5.41, 5.74) is 1.90. The molecule has 8 heteroatoms. The summed E-state index contributed by atoms with van der Waals surface area (Å²) in [6, 6.07) is 13.4. The van der Waals surface area contributed by atoms with Gasteiger partial charge in [0.15, 0.2) is 0 Å². The van der Waals surface area contributed by atoms with Crippen molar-refractivity contribution >= 4 is 22.7 Å². The maximum atomic E-state index is 13.1. The summed E-state index contributed by atoms with van der Waals surface area (Å²) in [5, 5.41) is 7.16. The first-order valence-electron chi connectivity index (χ1n) is 9.05. The summed E-state index contributed by atoms with van der Waals surface area (Å²) < 4.78 is 44.3. The van der Waals surface area contributed by atoms with Gasteiger partial charge in [-0.25, -0.2) is 4.98 Å². The smallest absolute Gasteiger partial charge is 0.338 e. The fourth-order valence-electron chi connectivity index (χ4n) is 3.05. The van der Waals surface area contributed by atoms with E-state index in [1.165, 1.54) is 6.07 Å². The standard InChI is InChI=1S/C22H16F3N3O2/c1-12-13(2)28-30-21(12)27-20(29)17-8-4-5-14-9-10-18(26-19(14)17)15-6-3-7-16(11-15)22(23,24)25/h3-11H,1-2H3,(H,27,29). The Morgan fingerprint density at radius 2 is 1.80 bits per heavy atom. The number of aryl methyl sites for hydroxylation is 1. The Labute approximate surface area is 169 Å². The van der Waals surface area contributed by atoms with Gasteiger partial charge in [0.2, 0.25) is 5.88 Å². The van der Waals surface area contributed by atoms with Crippen molar-refractivity contribution in [3.05, 3.63) is 77.0 Å². The van der Waals surface area contributed by atoms with Gasteiger partial charge in [-0.05, 0) is 38.1 Å². The highest BCUT2D eigenvalue weighted by Gasteiger charge is 2.30. The van der Waals surface area contributed by atoms with Crippen molar-refractivity contribution in [2.24, 2.45) is 0 Å². The van der Waals surface area contributed by atoms with E-state index in [1.54, 1.807) is 50.2 Å². The molecule has 0 aliphatic heterocycles. The minimum Gasteiger partial charge on any atom is -0.338 e. The van der Waals surface area contributed by atoms with Gasteiger partial charge in [0.1, 0.15) is 0 Å². The van der Waals surface area contributed by atoms with E-state index in [-0.39, 0.29) is 11.4 Å². The molecule has 0 saturated carbocycles. The van der Waals surface area contributed by atoms with Gasteiger partial charge in [-0.15, -0.1) is 0 Å². The number of nitrogens with zero attached hydrogens (tertiary/aromatic N) is 2. The molecule has 0 aliphatic rings. The molecule has 1 amide bonds. The Balaban J connectivity index is 1.76. The number of pyridine rings is 1. The second kappa shape index (κ2) is 7.29. The minimum atomic E-state index is -4.45. The van der Waals surface area contributed by atoms with Gasteiger partial charge < -0.3 is 4.52 Å². The number of benzene rings is 2. The van der Waals surface area contributed by atoms with Gasteiger partial charge in [0, 0.05) is 16.5 Å². The lowest BCUT2D eigenvalue weighted by atomic mass is 10.0. The SMILES string of the molecule is Cc1noc(NC(=O)c2cccc3ccc(-c4cccc(C(F)(F)F)c4)nc23)c1C. The quantitative estimate of drug-likeness (QED) is 0.464. The molecule has 2 aromatic carbocycles. The van der Waals surface area contributed by atoms with E-state index in [4.69, 9.17) is 4.52 Å². The molecule has 2 aromatic heterocycles. The van der Waals surface area contributed by atoms with Gasteiger partial charge in [-0.1, -0.05) is 35.5 Å². The number of amides is 1. The Morgan fingerprint density at radius 3 is 2.50 bits per heavy atom. The topological polar surface area (TPSA) is 68.0 Å². The van der Waals surface area contributed by atoms with Crippen LogP contribution in [0.2, 0.25) is 0 Å². The molecular formula is C22H16F3N3O2. The third kappa shape index (κ3) is 3.63. The normalized spacial score (nSPS) is 11.6. The molecule has 30 heavy (non-hydrogen) atoms. The van der Waals surface area contributed by atoms with Crippen molar-refractivity contribution in [1.82, 2.24) is 10.1 Å². The Hall–Kier alpha value is -3.68. The maximum absolute atomic E-state index is 13.1. The number of carbonyl (C=O) groups excluding carboxylic acids is 1. The lowest BCUT2D eigenvalue weighted by molar-refractivity contribution is -0.137.